The van der Waals surface area contributed by atoms with Crippen molar-refractivity contribution in [1.29, 1.82) is 5.26 Å². The summed E-state index contributed by atoms with van der Waals surface area (Å²) in [6.07, 6.45) is 0. The van der Waals surface area contributed by atoms with E-state index in [1.54, 1.807) is 11.3 Å². The van der Waals surface area contributed by atoms with Crippen molar-refractivity contribution < 1.29 is 4.79 Å². The van der Waals surface area contributed by atoms with Crippen LogP contribution in [0.2, 0.25) is 5.02 Å². The van der Waals surface area contributed by atoms with Crippen molar-refractivity contribution in [2.75, 3.05) is 13.1 Å². The molecule has 5 nitrogen and oxygen atoms in total. The Bertz CT molecular complexity index is 721. The zero-order chi connectivity index (χ0) is 16.8. The first-order valence-electron chi connectivity index (χ1n) is 7.11. The zero-order valence-electron chi connectivity index (χ0n) is 12.9. The molecule has 2 aromatic rings. The molecule has 0 aliphatic rings. The molecule has 1 aromatic heterocycles. The van der Waals surface area contributed by atoms with Crippen LogP contribution in [0.5, 0.6) is 0 Å². The summed E-state index contributed by atoms with van der Waals surface area (Å²) in [6.45, 7) is 4.13. The molecule has 0 aliphatic heterocycles. The Morgan fingerprint density at radius 2 is 2.13 bits per heavy atom. The van der Waals surface area contributed by atoms with Crippen LogP contribution in [0.15, 0.2) is 24.3 Å². The molecule has 1 heterocycles. The Labute approximate surface area is 144 Å². The molecule has 0 unspecified atom stereocenters. The highest BCUT2D eigenvalue weighted by atomic mass is 35.5. The molecule has 0 radical (unpaired) electrons. The highest BCUT2D eigenvalue weighted by Gasteiger charge is 2.16. The van der Waals surface area contributed by atoms with Crippen molar-refractivity contribution in [2.45, 2.75) is 19.9 Å². The minimum absolute atomic E-state index is 0.00128. The summed E-state index contributed by atoms with van der Waals surface area (Å²) in [5, 5.41) is 15.7. The third kappa shape index (κ3) is 4.76. The Kier molecular flexibility index (Phi) is 6.11. The van der Waals surface area contributed by atoms with E-state index in [0.717, 1.165) is 21.1 Å². The van der Waals surface area contributed by atoms with Gasteiger partial charge in [0.25, 0.3) is 0 Å². The fraction of sp³-hybridized carbons (Fsp3) is 0.312. The molecular formula is C16H17ClN4OS. The second-order valence-corrected chi connectivity index (χ2v) is 6.48. The van der Waals surface area contributed by atoms with Gasteiger partial charge in [-0.2, -0.15) is 5.26 Å². The highest BCUT2D eigenvalue weighted by Crippen LogP contribution is 2.32. The average Bonchev–Trinajstić information content (AvgIpc) is 2.93. The molecule has 7 heteroatoms. The molecule has 1 aromatic carbocycles. The van der Waals surface area contributed by atoms with Crippen molar-refractivity contribution in [2.24, 2.45) is 0 Å². The van der Waals surface area contributed by atoms with E-state index in [0.29, 0.717) is 5.02 Å². The van der Waals surface area contributed by atoms with Gasteiger partial charge in [-0.05, 0) is 26.0 Å². The van der Waals surface area contributed by atoms with Gasteiger partial charge in [0.1, 0.15) is 11.6 Å². The van der Waals surface area contributed by atoms with Gasteiger partial charge in [0.2, 0.25) is 5.91 Å². The van der Waals surface area contributed by atoms with Crippen molar-refractivity contribution in [3.05, 3.63) is 39.9 Å². The lowest BCUT2D eigenvalue weighted by Gasteiger charge is -2.12. The average molecular weight is 349 g/mol. The lowest BCUT2D eigenvalue weighted by Crippen LogP contribution is -2.35. The number of carbonyl (C=O) groups is 1. The minimum Gasteiger partial charge on any atom is -0.342 e. The van der Waals surface area contributed by atoms with Crippen LogP contribution in [0.1, 0.15) is 23.5 Å². The molecule has 0 saturated carbocycles. The van der Waals surface area contributed by atoms with Crippen LogP contribution in [0.25, 0.3) is 10.6 Å². The van der Waals surface area contributed by atoms with Crippen LogP contribution < -0.4 is 10.6 Å². The number of rotatable bonds is 6. The molecule has 0 fully saturated rings. The lowest BCUT2D eigenvalue weighted by atomic mass is 10.2. The standard InChI is InChI=1S/C16H17ClN4OS/c1-10(20-9-14(22)19-8-7-18)15-11(2)21-16(23-15)12-3-5-13(17)6-4-12/h3-6,10,20H,8-9H2,1-2H3,(H,19,22)/t10-/m1/s1. The molecule has 1 atom stereocenters. The number of hydrogen-bond donors (Lipinski definition) is 2. The molecule has 0 bridgehead atoms. The Morgan fingerprint density at radius 3 is 2.78 bits per heavy atom. The normalized spacial score (nSPS) is 11.7. The molecule has 0 aliphatic carbocycles. The van der Waals surface area contributed by atoms with Crippen LogP contribution in [0, 0.1) is 18.3 Å². The van der Waals surface area contributed by atoms with Crippen LogP contribution in [-0.4, -0.2) is 24.0 Å². The summed E-state index contributed by atoms with van der Waals surface area (Å²) in [5.41, 5.74) is 1.96. The van der Waals surface area contributed by atoms with E-state index in [1.807, 2.05) is 44.2 Å². The van der Waals surface area contributed by atoms with Crippen molar-refractivity contribution >= 4 is 28.8 Å². The molecular weight excluding hydrogens is 332 g/mol. The van der Waals surface area contributed by atoms with Gasteiger partial charge in [-0.1, -0.05) is 23.7 Å². The van der Waals surface area contributed by atoms with Gasteiger partial charge in [0.15, 0.2) is 0 Å². The summed E-state index contributed by atoms with van der Waals surface area (Å²) < 4.78 is 0. The number of nitriles is 1. The molecule has 23 heavy (non-hydrogen) atoms. The number of aryl methyl sites for hydroxylation is 1. The number of nitrogens with one attached hydrogen (secondary N) is 2. The first-order chi connectivity index (χ1) is 11.0. The second-order valence-electron chi connectivity index (χ2n) is 5.01. The van der Waals surface area contributed by atoms with Gasteiger partial charge in [-0.3, -0.25) is 4.79 Å². The van der Waals surface area contributed by atoms with E-state index in [9.17, 15) is 4.79 Å². The van der Waals surface area contributed by atoms with Crippen LogP contribution in [-0.2, 0) is 4.79 Å². The van der Waals surface area contributed by atoms with E-state index in [4.69, 9.17) is 16.9 Å². The maximum Gasteiger partial charge on any atom is 0.234 e. The lowest BCUT2D eigenvalue weighted by molar-refractivity contribution is -0.120. The Morgan fingerprint density at radius 1 is 1.43 bits per heavy atom. The number of aromatic nitrogens is 1. The monoisotopic (exact) mass is 348 g/mol. The summed E-state index contributed by atoms with van der Waals surface area (Å²) in [5.74, 6) is -0.196. The molecule has 120 valence electrons. The number of nitrogens with zero attached hydrogens (tertiary/aromatic N) is 2. The van der Waals surface area contributed by atoms with Gasteiger partial charge < -0.3 is 10.6 Å². The van der Waals surface area contributed by atoms with Crippen molar-refractivity contribution in [3.8, 4) is 16.6 Å². The largest absolute Gasteiger partial charge is 0.342 e. The summed E-state index contributed by atoms with van der Waals surface area (Å²) in [6, 6.07) is 9.44. The summed E-state index contributed by atoms with van der Waals surface area (Å²) in [4.78, 5) is 17.2. The fourth-order valence-electron chi connectivity index (χ4n) is 2.07. The number of amides is 1. The third-order valence-electron chi connectivity index (χ3n) is 3.25. The summed E-state index contributed by atoms with van der Waals surface area (Å²) >= 11 is 7.50. The van der Waals surface area contributed by atoms with Gasteiger partial charge in [0, 0.05) is 21.5 Å². The SMILES string of the molecule is Cc1nc(-c2ccc(Cl)cc2)sc1[C@@H](C)NCC(=O)NCC#N. The Hall–Kier alpha value is -1.94. The third-order valence-corrected chi connectivity index (χ3v) is 4.89. The predicted molar refractivity (Wildman–Crippen MR) is 92.3 cm³/mol. The van der Waals surface area contributed by atoms with Gasteiger partial charge in [0.05, 0.1) is 18.3 Å². The van der Waals surface area contributed by atoms with E-state index in [1.165, 1.54) is 0 Å². The van der Waals surface area contributed by atoms with Gasteiger partial charge >= 0.3 is 0 Å². The number of benzene rings is 1. The highest BCUT2D eigenvalue weighted by molar-refractivity contribution is 7.15. The smallest absolute Gasteiger partial charge is 0.234 e. The van der Waals surface area contributed by atoms with Gasteiger partial charge in [-0.15, -0.1) is 11.3 Å². The van der Waals surface area contributed by atoms with Crippen LogP contribution >= 0.6 is 22.9 Å². The van der Waals surface area contributed by atoms with E-state index >= 15 is 0 Å². The van der Waals surface area contributed by atoms with Gasteiger partial charge in [-0.25, -0.2) is 4.98 Å². The molecule has 2 rings (SSSR count). The molecule has 1 amide bonds. The van der Waals surface area contributed by atoms with Crippen LogP contribution in [0.4, 0.5) is 0 Å². The predicted octanol–water partition coefficient (Wildman–Crippen LogP) is 3.06. The number of hydrogen-bond acceptors (Lipinski definition) is 5. The van der Waals surface area contributed by atoms with E-state index in [-0.39, 0.29) is 25.0 Å². The Balaban J connectivity index is 2.04. The first kappa shape index (κ1) is 17.4. The molecule has 0 spiro atoms. The zero-order valence-corrected chi connectivity index (χ0v) is 14.5. The molecule has 2 N–H and O–H groups in total. The fourth-order valence-corrected chi connectivity index (χ4v) is 3.29. The van der Waals surface area contributed by atoms with Crippen molar-refractivity contribution in [1.82, 2.24) is 15.6 Å². The number of carbonyl (C=O) groups excluding carboxylic acids is 1. The van der Waals surface area contributed by atoms with E-state index in [2.05, 4.69) is 15.6 Å². The second kappa shape index (κ2) is 8.06. The number of halogens is 1. The first-order valence-corrected chi connectivity index (χ1v) is 8.31. The minimum atomic E-state index is -0.196. The maximum atomic E-state index is 11.5. The van der Waals surface area contributed by atoms with Crippen molar-refractivity contribution in [3.63, 3.8) is 0 Å². The van der Waals surface area contributed by atoms with E-state index < -0.39 is 0 Å². The number of thiazole rings is 1. The quantitative estimate of drug-likeness (QED) is 0.786. The summed E-state index contributed by atoms with van der Waals surface area (Å²) in [7, 11) is 0. The maximum absolute atomic E-state index is 11.5. The topological polar surface area (TPSA) is 77.8 Å². The van der Waals surface area contributed by atoms with Crippen LogP contribution in [0.3, 0.4) is 0 Å². The molecule has 0 saturated heterocycles.